The lowest BCUT2D eigenvalue weighted by Crippen LogP contribution is -2.35. The average molecular weight is 373 g/mol. The van der Waals surface area contributed by atoms with Gasteiger partial charge in [0.1, 0.15) is 5.75 Å². The minimum Gasteiger partial charge on any atom is -0.484 e. The number of rotatable bonds is 5. The van der Waals surface area contributed by atoms with Crippen molar-refractivity contribution in [3.8, 4) is 5.75 Å². The van der Waals surface area contributed by atoms with Crippen LogP contribution in [-0.4, -0.2) is 31.4 Å². The topological polar surface area (TPSA) is 89.0 Å². The molecule has 2 unspecified atom stereocenters. The van der Waals surface area contributed by atoms with Crippen LogP contribution in [0.1, 0.15) is 40.0 Å². The molecule has 2 fully saturated rings. The van der Waals surface area contributed by atoms with Crippen LogP contribution in [0.2, 0.25) is 0 Å². The van der Waals surface area contributed by atoms with Crippen molar-refractivity contribution in [2.24, 2.45) is 21.8 Å². The number of carbonyl (C=O) groups excluding carboxylic acids is 2. The smallest absolute Gasteiger partial charge is 0.411 e. The van der Waals surface area contributed by atoms with Crippen LogP contribution in [0.15, 0.2) is 29.4 Å². The third-order valence-electron chi connectivity index (χ3n) is 6.48. The second-order valence-corrected chi connectivity index (χ2v) is 8.02. The molecule has 0 radical (unpaired) electrons. The first-order chi connectivity index (χ1) is 12.8. The van der Waals surface area contributed by atoms with E-state index in [4.69, 9.17) is 4.74 Å². The molecule has 2 amide bonds. The highest BCUT2D eigenvalue weighted by Gasteiger charge is 2.59. The Morgan fingerprint density at radius 2 is 1.93 bits per heavy atom. The van der Waals surface area contributed by atoms with Crippen molar-refractivity contribution >= 4 is 23.4 Å². The molecule has 2 atom stereocenters. The van der Waals surface area contributed by atoms with E-state index < -0.39 is 6.09 Å². The number of hydrogen-bond acceptors (Lipinski definition) is 5. The number of fused-ring (bicyclic) bond motifs is 2. The Kier molecular flexibility index (Phi) is 5.13. The van der Waals surface area contributed by atoms with Crippen LogP contribution in [-0.2, 0) is 9.53 Å². The molecule has 0 saturated heterocycles. The van der Waals surface area contributed by atoms with Gasteiger partial charge in [0, 0.05) is 16.8 Å². The van der Waals surface area contributed by atoms with Gasteiger partial charge in [-0.05, 0) is 54.9 Å². The largest absolute Gasteiger partial charge is 0.484 e. The molecular weight excluding hydrogens is 346 g/mol. The summed E-state index contributed by atoms with van der Waals surface area (Å²) in [5, 5.41) is 6.96. The maximum atomic E-state index is 12.1. The zero-order valence-electron chi connectivity index (χ0n) is 16.3. The summed E-state index contributed by atoms with van der Waals surface area (Å²) in [4.78, 5) is 23.2. The predicted molar refractivity (Wildman–Crippen MR) is 103 cm³/mol. The highest BCUT2D eigenvalue weighted by molar-refractivity contribution is 5.95. The molecule has 1 aromatic rings. The normalized spacial score (nSPS) is 26.7. The highest BCUT2D eigenvalue weighted by Crippen LogP contribution is 2.63. The van der Waals surface area contributed by atoms with Crippen molar-refractivity contribution in [2.75, 3.05) is 19.0 Å². The van der Waals surface area contributed by atoms with Gasteiger partial charge in [-0.25, -0.2) is 10.2 Å². The molecule has 2 saturated carbocycles. The number of hydrogen-bond donors (Lipinski definition) is 2. The lowest BCUT2D eigenvalue weighted by atomic mass is 9.70. The summed E-state index contributed by atoms with van der Waals surface area (Å²) in [5.74, 6) is 0.885. The van der Waals surface area contributed by atoms with E-state index >= 15 is 0 Å². The van der Waals surface area contributed by atoms with E-state index in [-0.39, 0.29) is 23.3 Å². The first-order valence-electron chi connectivity index (χ1n) is 9.20. The van der Waals surface area contributed by atoms with Crippen LogP contribution < -0.4 is 15.5 Å². The molecule has 0 spiro atoms. The summed E-state index contributed by atoms with van der Waals surface area (Å²) < 4.78 is 10.00. The van der Waals surface area contributed by atoms with Gasteiger partial charge in [0.2, 0.25) is 0 Å². The molecule has 0 aliphatic heterocycles. The van der Waals surface area contributed by atoms with Crippen molar-refractivity contribution in [1.82, 2.24) is 5.43 Å². The first kappa shape index (κ1) is 19.2. The van der Waals surface area contributed by atoms with E-state index in [0.717, 1.165) is 18.6 Å². The lowest BCUT2D eigenvalue weighted by Gasteiger charge is -2.34. The first-order valence-corrected chi connectivity index (χ1v) is 9.20. The Hall–Kier alpha value is -2.57. The Morgan fingerprint density at radius 3 is 2.48 bits per heavy atom. The molecule has 3 rings (SSSR count). The quantitative estimate of drug-likeness (QED) is 0.772. The fourth-order valence-corrected chi connectivity index (χ4v) is 4.21. The summed E-state index contributed by atoms with van der Waals surface area (Å²) in [7, 11) is 1.30. The summed E-state index contributed by atoms with van der Waals surface area (Å²) in [6.07, 6.45) is 2.78. The van der Waals surface area contributed by atoms with Gasteiger partial charge in [-0.15, -0.1) is 0 Å². The van der Waals surface area contributed by atoms with Gasteiger partial charge in [0.05, 0.1) is 7.11 Å². The predicted octanol–water partition coefficient (Wildman–Crippen LogP) is 3.56. The molecule has 0 heterocycles. The van der Waals surface area contributed by atoms with E-state index in [1.807, 2.05) is 0 Å². The third kappa shape index (κ3) is 3.63. The maximum Gasteiger partial charge on any atom is 0.411 e. The van der Waals surface area contributed by atoms with Gasteiger partial charge in [-0.1, -0.05) is 20.8 Å². The van der Waals surface area contributed by atoms with Crippen LogP contribution >= 0.6 is 0 Å². The molecule has 27 heavy (non-hydrogen) atoms. The molecule has 7 nitrogen and oxygen atoms in total. The number of nitrogens with zero attached hydrogens (tertiary/aromatic N) is 1. The SMILES string of the molecule is COC(=O)Nc1ccc(OCC(=O)N/N=C2/CC3CCC2(C)C3(C)C)cc1. The number of amides is 2. The number of nitrogens with one attached hydrogen (secondary N) is 2. The zero-order chi connectivity index (χ0) is 19.7. The van der Waals surface area contributed by atoms with E-state index in [9.17, 15) is 9.59 Å². The summed E-state index contributed by atoms with van der Waals surface area (Å²) in [5.41, 5.74) is 4.60. The van der Waals surface area contributed by atoms with Crippen LogP contribution in [0.25, 0.3) is 0 Å². The molecular formula is C20H27N3O4. The van der Waals surface area contributed by atoms with Gasteiger partial charge >= 0.3 is 6.09 Å². The van der Waals surface area contributed by atoms with E-state index in [0.29, 0.717) is 17.4 Å². The number of carbonyl (C=O) groups is 2. The molecule has 0 aromatic heterocycles. The van der Waals surface area contributed by atoms with Crippen molar-refractivity contribution in [3.63, 3.8) is 0 Å². The molecule has 7 heteroatoms. The number of anilines is 1. The maximum absolute atomic E-state index is 12.1. The van der Waals surface area contributed by atoms with Crippen molar-refractivity contribution in [3.05, 3.63) is 24.3 Å². The van der Waals surface area contributed by atoms with Crippen LogP contribution in [0.5, 0.6) is 5.75 Å². The van der Waals surface area contributed by atoms with Crippen LogP contribution in [0, 0.1) is 16.7 Å². The monoisotopic (exact) mass is 373 g/mol. The van der Waals surface area contributed by atoms with Gasteiger partial charge < -0.3 is 9.47 Å². The summed E-state index contributed by atoms with van der Waals surface area (Å²) in [6.45, 7) is 6.74. The van der Waals surface area contributed by atoms with Gasteiger partial charge in [-0.2, -0.15) is 5.10 Å². The van der Waals surface area contributed by atoms with Gasteiger partial charge in [-0.3, -0.25) is 10.1 Å². The average Bonchev–Trinajstić information content (AvgIpc) is 2.99. The molecule has 2 bridgehead atoms. The molecule has 2 aliphatic rings. The number of ether oxygens (including phenoxy) is 2. The van der Waals surface area contributed by atoms with Gasteiger partial charge in [0.25, 0.3) is 5.91 Å². The zero-order valence-corrected chi connectivity index (χ0v) is 16.3. The number of hydrazone groups is 1. The van der Waals surface area contributed by atoms with Crippen molar-refractivity contribution in [2.45, 2.75) is 40.0 Å². The molecule has 2 aliphatic carbocycles. The van der Waals surface area contributed by atoms with Crippen LogP contribution in [0.3, 0.4) is 0 Å². The fraction of sp³-hybridized carbons (Fsp3) is 0.550. The van der Waals surface area contributed by atoms with Crippen molar-refractivity contribution in [1.29, 1.82) is 0 Å². The molecule has 146 valence electrons. The Labute approximate surface area is 159 Å². The molecule has 2 N–H and O–H groups in total. The number of methoxy groups -OCH3 is 1. The lowest BCUT2D eigenvalue weighted by molar-refractivity contribution is -0.123. The Bertz CT molecular complexity index is 757. The second-order valence-electron chi connectivity index (χ2n) is 8.02. The van der Waals surface area contributed by atoms with E-state index in [1.165, 1.54) is 13.5 Å². The summed E-state index contributed by atoms with van der Waals surface area (Å²) in [6, 6.07) is 6.68. The van der Waals surface area contributed by atoms with Crippen molar-refractivity contribution < 1.29 is 19.1 Å². The fourth-order valence-electron chi connectivity index (χ4n) is 4.21. The second kappa shape index (κ2) is 7.21. The minimum atomic E-state index is -0.542. The van der Waals surface area contributed by atoms with Gasteiger partial charge in [0.15, 0.2) is 6.61 Å². The Morgan fingerprint density at radius 1 is 1.22 bits per heavy atom. The highest BCUT2D eigenvalue weighted by atomic mass is 16.5. The number of benzene rings is 1. The summed E-state index contributed by atoms with van der Waals surface area (Å²) >= 11 is 0. The van der Waals surface area contributed by atoms with E-state index in [2.05, 4.69) is 41.4 Å². The Balaban J connectivity index is 1.50. The third-order valence-corrected chi connectivity index (χ3v) is 6.48. The molecule has 1 aromatic carbocycles. The minimum absolute atomic E-state index is 0.0638. The van der Waals surface area contributed by atoms with Crippen LogP contribution in [0.4, 0.5) is 10.5 Å². The standard InChI is InChI=1S/C20H27N3O4/c1-19(2)13-9-10-20(19,3)16(11-13)22-23-17(24)12-27-15-7-5-14(6-8-15)21-18(25)26-4/h5-8,13H,9-12H2,1-4H3,(H,21,25)(H,23,24)/b22-16-. The van der Waals surface area contributed by atoms with E-state index in [1.54, 1.807) is 24.3 Å².